The molecule has 0 atom stereocenters. The Hall–Kier alpha value is -1.37. The van der Waals surface area contributed by atoms with Crippen molar-refractivity contribution in [1.82, 2.24) is 0 Å². The quantitative estimate of drug-likeness (QED) is 0.621. The molecule has 12 heavy (non-hydrogen) atoms. The fourth-order valence-corrected chi connectivity index (χ4v) is 1.02. The Morgan fingerprint density at radius 3 is 2.75 bits per heavy atom. The van der Waals surface area contributed by atoms with Gasteiger partial charge in [0.15, 0.2) is 0 Å². The summed E-state index contributed by atoms with van der Waals surface area (Å²) in [5.41, 5.74) is 2.42. The number of aldehydes is 1. The van der Waals surface area contributed by atoms with Gasteiger partial charge in [-0.25, -0.2) is 0 Å². The Labute approximate surface area is 72.7 Å². The Bertz CT molecular complexity index is 287. The van der Waals surface area contributed by atoms with Gasteiger partial charge in [0, 0.05) is 6.42 Å². The third-order valence-electron chi connectivity index (χ3n) is 1.72. The summed E-state index contributed by atoms with van der Waals surface area (Å²) in [5, 5.41) is 0. The van der Waals surface area contributed by atoms with E-state index in [-0.39, 0.29) is 0 Å². The second-order valence-corrected chi connectivity index (χ2v) is 2.66. The zero-order valence-electron chi connectivity index (χ0n) is 7.16. The van der Waals surface area contributed by atoms with Crippen molar-refractivity contribution >= 4 is 12.4 Å². The lowest BCUT2D eigenvalue weighted by Gasteiger charge is -1.96. The molecule has 1 aromatic carbocycles. The molecule has 0 aromatic heterocycles. The first-order valence-electron chi connectivity index (χ1n) is 4.00. The van der Waals surface area contributed by atoms with Crippen molar-refractivity contribution in [2.24, 2.45) is 0 Å². The van der Waals surface area contributed by atoms with Gasteiger partial charge in [-0.2, -0.15) is 0 Å². The molecule has 0 aliphatic heterocycles. The zero-order valence-corrected chi connectivity index (χ0v) is 7.16. The molecule has 0 amide bonds. The second kappa shape index (κ2) is 4.50. The Morgan fingerprint density at radius 2 is 2.08 bits per heavy atom. The molecule has 0 aliphatic carbocycles. The maximum Gasteiger partial charge on any atom is 0.123 e. The Kier molecular flexibility index (Phi) is 3.27. The number of hydrogen-bond donors (Lipinski definition) is 0. The number of aryl methyl sites for hydroxylation is 1. The molecule has 0 unspecified atom stereocenters. The highest BCUT2D eigenvalue weighted by Gasteiger charge is 1.89. The maximum atomic E-state index is 10.0. The van der Waals surface area contributed by atoms with Crippen LogP contribution in [-0.2, 0) is 4.79 Å². The van der Waals surface area contributed by atoms with Crippen molar-refractivity contribution in [3.8, 4) is 0 Å². The van der Waals surface area contributed by atoms with Crippen LogP contribution >= 0.6 is 0 Å². The number of carbonyl (C=O) groups excluding carboxylic acids is 1. The van der Waals surface area contributed by atoms with Crippen LogP contribution in [0.3, 0.4) is 0 Å². The maximum absolute atomic E-state index is 10.0. The number of benzene rings is 1. The number of carbonyl (C=O) groups is 1. The van der Waals surface area contributed by atoms with Gasteiger partial charge in [-0.05, 0) is 18.1 Å². The van der Waals surface area contributed by atoms with Gasteiger partial charge in [0.2, 0.25) is 0 Å². The zero-order chi connectivity index (χ0) is 8.81. The molecule has 0 saturated heterocycles. The van der Waals surface area contributed by atoms with E-state index in [4.69, 9.17) is 0 Å². The lowest BCUT2D eigenvalue weighted by atomic mass is 10.1. The van der Waals surface area contributed by atoms with Gasteiger partial charge < -0.3 is 4.79 Å². The summed E-state index contributed by atoms with van der Waals surface area (Å²) in [4.78, 5) is 10.0. The molecule has 0 fully saturated rings. The van der Waals surface area contributed by atoms with Crippen molar-refractivity contribution in [3.05, 3.63) is 41.5 Å². The predicted molar refractivity (Wildman–Crippen MR) is 50.9 cm³/mol. The minimum Gasteiger partial charge on any atom is -0.303 e. The van der Waals surface area contributed by atoms with Crippen molar-refractivity contribution < 1.29 is 4.79 Å². The number of allylic oxidation sites excluding steroid dienone is 1. The van der Waals surface area contributed by atoms with Gasteiger partial charge in [-0.1, -0.05) is 36.4 Å². The smallest absolute Gasteiger partial charge is 0.123 e. The van der Waals surface area contributed by atoms with Crippen LogP contribution in [-0.4, -0.2) is 6.29 Å². The molecule has 0 N–H and O–H groups in total. The summed E-state index contributed by atoms with van der Waals surface area (Å²) in [7, 11) is 0. The first-order valence-corrected chi connectivity index (χ1v) is 4.00. The molecule has 0 bridgehead atoms. The molecule has 0 radical (unpaired) electrons. The van der Waals surface area contributed by atoms with E-state index >= 15 is 0 Å². The van der Waals surface area contributed by atoms with Crippen molar-refractivity contribution in [2.75, 3.05) is 0 Å². The van der Waals surface area contributed by atoms with Gasteiger partial charge in [-0.15, -0.1) is 0 Å². The second-order valence-electron chi connectivity index (χ2n) is 2.66. The van der Waals surface area contributed by atoms with E-state index in [1.165, 1.54) is 11.1 Å². The molecule has 0 spiro atoms. The first-order chi connectivity index (χ1) is 5.84. The molecule has 1 nitrogen and oxygen atoms in total. The fourth-order valence-electron chi connectivity index (χ4n) is 1.02. The van der Waals surface area contributed by atoms with Crippen molar-refractivity contribution in [1.29, 1.82) is 0 Å². The standard InChI is InChI=1S/C11H12O/c1-10-6-2-3-7-11(10)8-4-5-9-12/h2-4,6-9H,5H2,1H3. The van der Waals surface area contributed by atoms with Crippen molar-refractivity contribution in [3.63, 3.8) is 0 Å². The molecule has 0 heterocycles. The van der Waals surface area contributed by atoms with Crippen LogP contribution in [0.25, 0.3) is 6.08 Å². The molecule has 1 rings (SSSR count). The number of hydrogen-bond acceptors (Lipinski definition) is 1. The third-order valence-corrected chi connectivity index (χ3v) is 1.72. The van der Waals surface area contributed by atoms with Gasteiger partial charge in [0.1, 0.15) is 6.29 Å². The summed E-state index contributed by atoms with van der Waals surface area (Å²) in [6.45, 7) is 2.06. The van der Waals surface area contributed by atoms with E-state index in [9.17, 15) is 4.79 Å². The lowest BCUT2D eigenvalue weighted by Crippen LogP contribution is -1.77. The summed E-state index contributed by atoms with van der Waals surface area (Å²) < 4.78 is 0. The molecular weight excluding hydrogens is 148 g/mol. The van der Waals surface area contributed by atoms with E-state index in [0.717, 1.165) is 6.29 Å². The van der Waals surface area contributed by atoms with Crippen LogP contribution in [0, 0.1) is 6.92 Å². The van der Waals surface area contributed by atoms with Crippen LogP contribution in [0.4, 0.5) is 0 Å². The monoisotopic (exact) mass is 160 g/mol. The summed E-state index contributed by atoms with van der Waals surface area (Å²) >= 11 is 0. The fraction of sp³-hybridized carbons (Fsp3) is 0.182. The highest BCUT2D eigenvalue weighted by molar-refractivity contribution is 5.59. The molecule has 62 valence electrons. The topological polar surface area (TPSA) is 17.1 Å². The van der Waals surface area contributed by atoms with E-state index in [1.54, 1.807) is 0 Å². The minimum atomic E-state index is 0.494. The molecule has 1 aromatic rings. The van der Waals surface area contributed by atoms with Crippen molar-refractivity contribution in [2.45, 2.75) is 13.3 Å². The predicted octanol–water partition coefficient (Wildman–Crippen LogP) is 2.60. The van der Waals surface area contributed by atoms with Crippen LogP contribution in [0.1, 0.15) is 17.5 Å². The van der Waals surface area contributed by atoms with Gasteiger partial charge in [-0.3, -0.25) is 0 Å². The Balaban J connectivity index is 2.74. The Morgan fingerprint density at radius 1 is 1.33 bits per heavy atom. The van der Waals surface area contributed by atoms with E-state index in [2.05, 4.69) is 13.0 Å². The van der Waals surface area contributed by atoms with Gasteiger partial charge in [0.25, 0.3) is 0 Å². The molecule has 0 aliphatic rings. The van der Waals surface area contributed by atoms with Crippen LogP contribution < -0.4 is 0 Å². The SMILES string of the molecule is Cc1ccccc1C=CCC=O. The van der Waals surface area contributed by atoms with E-state index < -0.39 is 0 Å². The normalized spacial score (nSPS) is 10.4. The van der Waals surface area contributed by atoms with Crippen LogP contribution in [0.15, 0.2) is 30.3 Å². The largest absolute Gasteiger partial charge is 0.303 e. The van der Waals surface area contributed by atoms with Gasteiger partial charge in [0.05, 0.1) is 0 Å². The highest BCUT2D eigenvalue weighted by atomic mass is 16.1. The third kappa shape index (κ3) is 2.35. The lowest BCUT2D eigenvalue weighted by molar-refractivity contribution is -0.107. The van der Waals surface area contributed by atoms with E-state index in [1.807, 2.05) is 30.4 Å². The molecule has 0 saturated carbocycles. The summed E-state index contributed by atoms with van der Waals surface area (Å²) in [6.07, 6.45) is 5.24. The van der Waals surface area contributed by atoms with Gasteiger partial charge >= 0.3 is 0 Å². The summed E-state index contributed by atoms with van der Waals surface area (Å²) in [5.74, 6) is 0. The highest BCUT2D eigenvalue weighted by Crippen LogP contribution is 2.08. The average molecular weight is 160 g/mol. The molecular formula is C11H12O. The number of rotatable bonds is 3. The summed E-state index contributed by atoms with van der Waals surface area (Å²) in [6, 6.07) is 8.09. The average Bonchev–Trinajstić information content (AvgIpc) is 2.09. The van der Waals surface area contributed by atoms with E-state index in [0.29, 0.717) is 6.42 Å². The minimum absolute atomic E-state index is 0.494. The first kappa shape index (κ1) is 8.72. The molecule has 1 heteroatoms. The van der Waals surface area contributed by atoms with Crippen LogP contribution in [0.2, 0.25) is 0 Å². The van der Waals surface area contributed by atoms with Crippen LogP contribution in [0.5, 0.6) is 0 Å².